The summed E-state index contributed by atoms with van der Waals surface area (Å²) >= 11 is 1.77. The average molecular weight is 380 g/mol. The second kappa shape index (κ2) is 9.01. The SMILES string of the molecule is CN=C(NCCc1ccc(S(C)(=O)=O)cc1)NCC(C)c1cccs1. The van der Waals surface area contributed by atoms with Crippen LogP contribution in [-0.4, -0.2) is 40.8 Å². The Hall–Kier alpha value is -1.86. The molecule has 1 aromatic carbocycles. The molecule has 1 aromatic heterocycles. The molecule has 7 heteroatoms. The largest absolute Gasteiger partial charge is 0.356 e. The van der Waals surface area contributed by atoms with Gasteiger partial charge in [0.05, 0.1) is 4.90 Å². The lowest BCUT2D eigenvalue weighted by Gasteiger charge is -2.15. The number of hydrogen-bond donors (Lipinski definition) is 2. The van der Waals surface area contributed by atoms with Gasteiger partial charge in [-0.05, 0) is 35.6 Å². The Kier molecular flexibility index (Phi) is 7.01. The Balaban J connectivity index is 1.77. The van der Waals surface area contributed by atoms with Crippen LogP contribution in [0.5, 0.6) is 0 Å². The van der Waals surface area contributed by atoms with Crippen LogP contribution in [0.3, 0.4) is 0 Å². The topological polar surface area (TPSA) is 70.6 Å². The van der Waals surface area contributed by atoms with E-state index in [9.17, 15) is 8.42 Å². The van der Waals surface area contributed by atoms with Gasteiger partial charge in [-0.25, -0.2) is 8.42 Å². The first kappa shape index (κ1) is 19.5. The highest BCUT2D eigenvalue weighted by atomic mass is 32.2. The van der Waals surface area contributed by atoms with Crippen molar-refractivity contribution in [3.8, 4) is 0 Å². The van der Waals surface area contributed by atoms with Crippen molar-refractivity contribution < 1.29 is 8.42 Å². The van der Waals surface area contributed by atoms with Gasteiger partial charge in [-0.3, -0.25) is 4.99 Å². The maximum Gasteiger partial charge on any atom is 0.191 e. The minimum atomic E-state index is -3.14. The molecule has 0 radical (unpaired) electrons. The summed E-state index contributed by atoms with van der Waals surface area (Å²) in [6.07, 6.45) is 2.02. The molecule has 136 valence electrons. The Labute approximate surface area is 154 Å². The van der Waals surface area contributed by atoms with E-state index in [1.807, 2.05) is 12.1 Å². The predicted octanol–water partition coefficient (Wildman–Crippen LogP) is 2.66. The van der Waals surface area contributed by atoms with E-state index in [0.717, 1.165) is 31.0 Å². The lowest BCUT2D eigenvalue weighted by atomic mass is 10.1. The van der Waals surface area contributed by atoms with E-state index in [1.54, 1.807) is 30.5 Å². The highest BCUT2D eigenvalue weighted by Gasteiger charge is 2.08. The standard InChI is InChI=1S/C18H25N3O2S2/c1-14(17-5-4-12-24-17)13-21-18(19-2)20-11-10-15-6-8-16(9-7-15)25(3,22)23/h4-9,12,14H,10-11,13H2,1-3H3,(H2,19,20,21). The van der Waals surface area contributed by atoms with Crippen LogP contribution in [0.15, 0.2) is 51.7 Å². The van der Waals surface area contributed by atoms with Crippen molar-refractivity contribution in [1.29, 1.82) is 0 Å². The van der Waals surface area contributed by atoms with Gasteiger partial charge in [-0.15, -0.1) is 11.3 Å². The van der Waals surface area contributed by atoms with Gasteiger partial charge in [0, 0.05) is 37.2 Å². The molecule has 1 atom stereocenters. The van der Waals surface area contributed by atoms with Crippen LogP contribution in [0, 0.1) is 0 Å². The average Bonchev–Trinajstić information content (AvgIpc) is 3.12. The minimum Gasteiger partial charge on any atom is -0.356 e. The molecule has 0 amide bonds. The molecule has 25 heavy (non-hydrogen) atoms. The van der Waals surface area contributed by atoms with Gasteiger partial charge >= 0.3 is 0 Å². The smallest absolute Gasteiger partial charge is 0.191 e. The Morgan fingerprint density at radius 2 is 1.92 bits per heavy atom. The van der Waals surface area contributed by atoms with Gasteiger partial charge in [0.2, 0.25) is 0 Å². The van der Waals surface area contributed by atoms with Gasteiger partial charge < -0.3 is 10.6 Å². The number of nitrogens with one attached hydrogen (secondary N) is 2. The van der Waals surface area contributed by atoms with Gasteiger partial charge in [0.15, 0.2) is 15.8 Å². The van der Waals surface area contributed by atoms with E-state index >= 15 is 0 Å². The van der Waals surface area contributed by atoms with Crippen LogP contribution in [0.25, 0.3) is 0 Å². The fourth-order valence-corrected chi connectivity index (χ4v) is 3.79. The zero-order valence-corrected chi connectivity index (χ0v) is 16.5. The van der Waals surface area contributed by atoms with E-state index in [2.05, 4.69) is 40.1 Å². The van der Waals surface area contributed by atoms with E-state index in [0.29, 0.717) is 10.8 Å². The first-order valence-electron chi connectivity index (χ1n) is 8.17. The fraction of sp³-hybridized carbons (Fsp3) is 0.389. The van der Waals surface area contributed by atoms with Gasteiger partial charge in [-0.2, -0.15) is 0 Å². The number of thiophene rings is 1. The molecule has 0 bridgehead atoms. The molecule has 0 saturated heterocycles. The highest BCUT2D eigenvalue weighted by molar-refractivity contribution is 7.90. The third kappa shape index (κ3) is 6.17. The maximum atomic E-state index is 11.5. The molecule has 5 nitrogen and oxygen atoms in total. The van der Waals surface area contributed by atoms with Crippen LogP contribution < -0.4 is 10.6 Å². The van der Waals surface area contributed by atoms with E-state index < -0.39 is 9.84 Å². The summed E-state index contributed by atoms with van der Waals surface area (Å²) in [5.74, 6) is 1.21. The number of nitrogens with zero attached hydrogens (tertiary/aromatic N) is 1. The van der Waals surface area contributed by atoms with E-state index in [4.69, 9.17) is 0 Å². The normalized spacial score (nSPS) is 13.5. The summed E-state index contributed by atoms with van der Waals surface area (Å²) in [7, 11) is -1.38. The molecule has 2 rings (SSSR count). The third-order valence-corrected chi connectivity index (χ3v) is 6.12. The van der Waals surface area contributed by atoms with Crippen LogP contribution >= 0.6 is 11.3 Å². The molecule has 0 saturated carbocycles. The first-order valence-corrected chi connectivity index (χ1v) is 10.9. The highest BCUT2D eigenvalue weighted by Crippen LogP contribution is 2.19. The van der Waals surface area contributed by atoms with Crippen molar-refractivity contribution in [1.82, 2.24) is 10.6 Å². The molecule has 2 aromatic rings. The second-order valence-corrected chi connectivity index (χ2v) is 8.96. The molecule has 2 N–H and O–H groups in total. The maximum absolute atomic E-state index is 11.5. The Morgan fingerprint density at radius 1 is 1.20 bits per heavy atom. The second-order valence-electron chi connectivity index (χ2n) is 5.96. The quantitative estimate of drug-likeness (QED) is 0.573. The summed E-state index contributed by atoms with van der Waals surface area (Å²) in [6, 6.07) is 11.2. The monoisotopic (exact) mass is 379 g/mol. The fourth-order valence-electron chi connectivity index (χ4n) is 2.37. The van der Waals surface area contributed by atoms with Crippen molar-refractivity contribution >= 4 is 27.1 Å². The summed E-state index contributed by atoms with van der Waals surface area (Å²) in [5, 5.41) is 8.72. The molecule has 1 heterocycles. The van der Waals surface area contributed by atoms with E-state index in [1.165, 1.54) is 11.1 Å². The molecule has 0 aliphatic carbocycles. The van der Waals surface area contributed by atoms with Crippen molar-refractivity contribution in [3.05, 3.63) is 52.2 Å². The van der Waals surface area contributed by atoms with Gasteiger partial charge in [-0.1, -0.05) is 25.1 Å². The number of benzene rings is 1. The van der Waals surface area contributed by atoms with Crippen LogP contribution in [-0.2, 0) is 16.3 Å². The Morgan fingerprint density at radius 3 is 2.48 bits per heavy atom. The van der Waals surface area contributed by atoms with Crippen molar-refractivity contribution in [2.45, 2.75) is 24.2 Å². The number of sulfone groups is 1. The molecule has 0 fully saturated rings. The third-order valence-electron chi connectivity index (χ3n) is 3.89. The van der Waals surface area contributed by atoms with Crippen molar-refractivity contribution in [2.24, 2.45) is 4.99 Å². The lowest BCUT2D eigenvalue weighted by Crippen LogP contribution is -2.39. The zero-order chi connectivity index (χ0) is 18.3. The van der Waals surface area contributed by atoms with Crippen LogP contribution in [0.1, 0.15) is 23.3 Å². The molecule has 1 unspecified atom stereocenters. The molecule has 0 aliphatic heterocycles. The summed E-state index contributed by atoms with van der Waals surface area (Å²) in [5.41, 5.74) is 1.09. The Bertz CT molecular complexity index is 782. The number of hydrogen-bond acceptors (Lipinski definition) is 4. The molecular weight excluding hydrogens is 354 g/mol. The molecular formula is C18H25N3O2S2. The van der Waals surface area contributed by atoms with Crippen LogP contribution in [0.2, 0.25) is 0 Å². The summed E-state index contributed by atoms with van der Waals surface area (Å²) < 4.78 is 22.9. The zero-order valence-electron chi connectivity index (χ0n) is 14.8. The van der Waals surface area contributed by atoms with Gasteiger partial charge in [0.1, 0.15) is 0 Å². The van der Waals surface area contributed by atoms with Crippen molar-refractivity contribution in [2.75, 3.05) is 26.4 Å². The van der Waals surface area contributed by atoms with Crippen LogP contribution in [0.4, 0.5) is 0 Å². The first-order chi connectivity index (χ1) is 11.9. The van der Waals surface area contributed by atoms with Gasteiger partial charge in [0.25, 0.3) is 0 Å². The summed E-state index contributed by atoms with van der Waals surface area (Å²) in [4.78, 5) is 5.94. The number of guanidine groups is 1. The number of aliphatic imine (C=N–C) groups is 1. The number of rotatable bonds is 7. The molecule has 0 aliphatic rings. The van der Waals surface area contributed by atoms with E-state index in [-0.39, 0.29) is 0 Å². The van der Waals surface area contributed by atoms with Crippen molar-refractivity contribution in [3.63, 3.8) is 0 Å². The minimum absolute atomic E-state index is 0.351. The molecule has 0 spiro atoms. The predicted molar refractivity (Wildman–Crippen MR) is 105 cm³/mol. The lowest BCUT2D eigenvalue weighted by molar-refractivity contribution is 0.602. The summed E-state index contributed by atoms with van der Waals surface area (Å²) in [6.45, 7) is 3.74.